The van der Waals surface area contributed by atoms with Gasteiger partial charge in [0.25, 0.3) is 0 Å². The minimum atomic E-state index is -1.01. The zero-order chi connectivity index (χ0) is 65.1. The Morgan fingerprint density at radius 2 is 0.467 bits per heavy atom. The molecule has 3 aromatic carbocycles. The third kappa shape index (κ3) is 34.0. The third-order valence-corrected chi connectivity index (χ3v) is 16.4. The van der Waals surface area contributed by atoms with Gasteiger partial charge in [0.15, 0.2) is 34.5 Å². The molecule has 0 N–H and O–H groups in total. The Hall–Kier alpha value is -5.80. The van der Waals surface area contributed by atoms with Gasteiger partial charge in [-0.2, -0.15) is 0 Å². The minimum absolute atomic E-state index is 0.0433. The van der Waals surface area contributed by atoms with E-state index in [4.69, 9.17) is 37.9 Å². The number of ether oxygens (including phenoxy) is 8. The predicted octanol–water partition coefficient (Wildman–Crippen LogP) is 22.7. The van der Waals surface area contributed by atoms with E-state index in [0.717, 1.165) is 192 Å². The average Bonchev–Trinajstić information content (AvgIpc) is 0.985. The van der Waals surface area contributed by atoms with Crippen molar-refractivity contribution < 1.29 is 57.3 Å². The molecule has 0 heterocycles. The summed E-state index contributed by atoms with van der Waals surface area (Å²) in [4.78, 5) is 52.6. The summed E-state index contributed by atoms with van der Waals surface area (Å²) in [7, 11) is 0. The summed E-state index contributed by atoms with van der Waals surface area (Å²) < 4.78 is 50.9. The molecule has 0 aliphatic rings. The first-order valence-corrected chi connectivity index (χ1v) is 36.1. The summed E-state index contributed by atoms with van der Waals surface area (Å²) in [5, 5.41) is 25.1. The van der Waals surface area contributed by atoms with Crippen molar-refractivity contribution in [1.82, 2.24) is 0 Å². The van der Waals surface area contributed by atoms with Crippen molar-refractivity contribution in [3.05, 3.63) is 67.8 Å². The standard InChI is InChI=1S/C74H120N2O14/c1-7-13-19-25-31-37-43-49-83-67-55-61(56-68(84-50-44-38-32-26-20-14-8-2)71(67)87-53-47-41-35-29-23-17-11-5)73(77)89-65-59-63(75(79)80)64(76(81)82)60-66(65)90-74(78)62-57-69(85-51-45-39-33-27-21-15-9-3)72(88-54-48-42-36-30-24-18-12-6)70(58-62)86-52-46-40-34-28-22-16-10-4/h55-60H,7-54H2,1-6H3. The lowest BCUT2D eigenvalue weighted by molar-refractivity contribution is -0.422. The summed E-state index contributed by atoms with van der Waals surface area (Å²) in [6.45, 7) is 15.4. The van der Waals surface area contributed by atoms with Gasteiger partial charge in [0.2, 0.25) is 11.5 Å². The lowest BCUT2D eigenvalue weighted by Gasteiger charge is -2.19. The van der Waals surface area contributed by atoms with E-state index in [1.54, 1.807) is 0 Å². The van der Waals surface area contributed by atoms with Crippen LogP contribution in [0, 0.1) is 20.2 Å². The van der Waals surface area contributed by atoms with Crippen LogP contribution in [0.3, 0.4) is 0 Å². The van der Waals surface area contributed by atoms with Gasteiger partial charge in [0.05, 0.1) is 72.7 Å². The third-order valence-electron chi connectivity index (χ3n) is 16.4. The molecule has 0 aromatic heterocycles. The van der Waals surface area contributed by atoms with Crippen LogP contribution in [0.1, 0.15) is 332 Å². The van der Waals surface area contributed by atoms with E-state index in [1.807, 2.05) is 0 Å². The number of nitro groups is 2. The second-order valence-electron chi connectivity index (χ2n) is 24.5. The van der Waals surface area contributed by atoms with Gasteiger partial charge in [-0.15, -0.1) is 0 Å². The highest BCUT2D eigenvalue weighted by molar-refractivity contribution is 5.95. The van der Waals surface area contributed by atoms with E-state index >= 15 is 0 Å². The Kier molecular flexibility index (Phi) is 45.1. The summed E-state index contributed by atoms with van der Waals surface area (Å²) >= 11 is 0. The minimum Gasteiger partial charge on any atom is -0.490 e. The van der Waals surface area contributed by atoms with Gasteiger partial charge < -0.3 is 37.9 Å². The molecule has 0 radical (unpaired) electrons. The number of unbranched alkanes of at least 4 members (excludes halogenated alkanes) is 36. The van der Waals surface area contributed by atoms with Crippen LogP contribution in [0.15, 0.2) is 36.4 Å². The van der Waals surface area contributed by atoms with Gasteiger partial charge >= 0.3 is 23.3 Å². The Morgan fingerprint density at radius 1 is 0.278 bits per heavy atom. The molecule has 0 amide bonds. The molecule has 0 fully saturated rings. The normalized spacial score (nSPS) is 11.2. The van der Waals surface area contributed by atoms with E-state index < -0.39 is 44.7 Å². The zero-order valence-electron chi connectivity index (χ0n) is 57.0. The van der Waals surface area contributed by atoms with Gasteiger partial charge in [-0.25, -0.2) is 9.59 Å². The molecule has 3 rings (SSSR count). The summed E-state index contributed by atoms with van der Waals surface area (Å²) in [6, 6.07) is 7.51. The van der Waals surface area contributed by atoms with Crippen molar-refractivity contribution in [3.8, 4) is 46.0 Å². The van der Waals surface area contributed by atoms with E-state index in [0.29, 0.717) is 51.1 Å². The monoisotopic (exact) mass is 1260 g/mol. The molecule has 16 heteroatoms. The molecule has 0 saturated carbocycles. The molecular formula is C74H120N2O14. The maximum absolute atomic E-state index is 14.7. The van der Waals surface area contributed by atoms with Crippen molar-refractivity contribution in [2.24, 2.45) is 0 Å². The molecule has 0 aliphatic heterocycles. The lowest BCUT2D eigenvalue weighted by atomic mass is 10.1. The number of hydrogen-bond acceptors (Lipinski definition) is 14. The van der Waals surface area contributed by atoms with Gasteiger partial charge in [0.1, 0.15) is 0 Å². The molecule has 90 heavy (non-hydrogen) atoms. The number of hydrogen-bond donors (Lipinski definition) is 0. The summed E-state index contributed by atoms with van der Waals surface area (Å²) in [5.74, 6) is -1.37. The highest BCUT2D eigenvalue weighted by atomic mass is 16.6. The SMILES string of the molecule is CCCCCCCCCOc1cc(C(=O)Oc2cc([N+](=O)[O-])c([N+](=O)[O-])cc2OC(=O)c2cc(OCCCCCCCCC)c(OCCCCCCCCC)c(OCCCCCCCCC)c2)cc(OCCCCCCCCC)c1OCCCCCCCCC. The summed E-state index contributed by atoms with van der Waals surface area (Å²) in [5.41, 5.74) is -2.03. The largest absolute Gasteiger partial charge is 0.490 e. The van der Waals surface area contributed by atoms with Crippen LogP contribution in [-0.4, -0.2) is 61.4 Å². The smallest absolute Gasteiger partial charge is 0.350 e. The number of esters is 2. The Balaban J connectivity index is 2.14. The van der Waals surface area contributed by atoms with E-state index in [1.165, 1.54) is 114 Å². The molecule has 0 bridgehead atoms. The van der Waals surface area contributed by atoms with Gasteiger partial charge in [-0.1, -0.05) is 273 Å². The second-order valence-corrected chi connectivity index (χ2v) is 24.5. The Bertz CT molecular complexity index is 2150. The van der Waals surface area contributed by atoms with Crippen molar-refractivity contribution in [1.29, 1.82) is 0 Å². The average molecular weight is 1260 g/mol. The molecule has 16 nitrogen and oxygen atoms in total. The number of carbonyl (C=O) groups excluding carboxylic acids is 2. The lowest BCUT2D eigenvalue weighted by Crippen LogP contribution is -2.15. The van der Waals surface area contributed by atoms with E-state index in [2.05, 4.69) is 41.5 Å². The van der Waals surface area contributed by atoms with Crippen LogP contribution in [0.2, 0.25) is 0 Å². The zero-order valence-corrected chi connectivity index (χ0v) is 57.0. The molecule has 0 aliphatic carbocycles. The maximum atomic E-state index is 14.7. The number of benzene rings is 3. The first-order valence-electron chi connectivity index (χ1n) is 36.1. The topological polar surface area (TPSA) is 194 Å². The molecule has 3 aromatic rings. The van der Waals surface area contributed by atoms with Crippen molar-refractivity contribution >= 4 is 23.3 Å². The molecular weight excluding hydrogens is 1140 g/mol. The molecule has 0 atom stereocenters. The Morgan fingerprint density at radius 3 is 0.667 bits per heavy atom. The van der Waals surface area contributed by atoms with Gasteiger partial charge in [0, 0.05) is 0 Å². The maximum Gasteiger partial charge on any atom is 0.350 e. The highest BCUT2D eigenvalue weighted by Crippen LogP contribution is 2.44. The quantitative estimate of drug-likeness (QED) is 0.0170. The first-order chi connectivity index (χ1) is 44.0. The highest BCUT2D eigenvalue weighted by Gasteiger charge is 2.32. The van der Waals surface area contributed by atoms with Gasteiger partial charge in [-0.3, -0.25) is 20.2 Å². The van der Waals surface area contributed by atoms with Crippen LogP contribution in [0.4, 0.5) is 11.4 Å². The molecule has 0 saturated heterocycles. The fraction of sp³-hybridized carbons (Fsp3) is 0.730. The molecule has 0 spiro atoms. The van der Waals surface area contributed by atoms with E-state index in [9.17, 15) is 29.8 Å². The molecule has 510 valence electrons. The first kappa shape index (κ1) is 78.4. The number of nitrogens with zero attached hydrogens (tertiary/aromatic N) is 2. The van der Waals surface area contributed by atoms with Crippen LogP contribution >= 0.6 is 0 Å². The Labute approximate surface area is 543 Å². The van der Waals surface area contributed by atoms with Crippen molar-refractivity contribution in [2.45, 2.75) is 311 Å². The second kappa shape index (κ2) is 51.8. The van der Waals surface area contributed by atoms with Crippen LogP contribution in [0.5, 0.6) is 46.0 Å². The molecule has 0 unspecified atom stereocenters. The van der Waals surface area contributed by atoms with Gasteiger partial charge in [-0.05, 0) is 62.8 Å². The van der Waals surface area contributed by atoms with Crippen LogP contribution in [0.25, 0.3) is 0 Å². The number of rotatable bonds is 60. The van der Waals surface area contributed by atoms with Crippen LogP contribution < -0.4 is 37.9 Å². The fourth-order valence-corrected chi connectivity index (χ4v) is 10.8. The van der Waals surface area contributed by atoms with Crippen molar-refractivity contribution in [2.75, 3.05) is 39.6 Å². The van der Waals surface area contributed by atoms with Crippen LogP contribution in [-0.2, 0) is 0 Å². The number of carbonyl (C=O) groups is 2. The summed E-state index contributed by atoms with van der Waals surface area (Å²) in [6.07, 6.45) is 45.2. The fourth-order valence-electron chi connectivity index (χ4n) is 10.8. The van der Waals surface area contributed by atoms with E-state index in [-0.39, 0.29) is 34.1 Å². The van der Waals surface area contributed by atoms with Crippen molar-refractivity contribution in [3.63, 3.8) is 0 Å². The predicted molar refractivity (Wildman–Crippen MR) is 363 cm³/mol. The number of nitro benzene ring substituents is 2.